The summed E-state index contributed by atoms with van der Waals surface area (Å²) >= 11 is 0. The lowest BCUT2D eigenvalue weighted by molar-refractivity contribution is -0.137. The van der Waals surface area contributed by atoms with Gasteiger partial charge in [0, 0.05) is 17.1 Å². The quantitative estimate of drug-likeness (QED) is 0.681. The summed E-state index contributed by atoms with van der Waals surface area (Å²) in [5.74, 6) is -0.512. The molecule has 0 saturated carbocycles. The number of aryl methyl sites for hydroxylation is 1. The van der Waals surface area contributed by atoms with E-state index in [0.29, 0.717) is 17.1 Å². The van der Waals surface area contributed by atoms with E-state index in [2.05, 4.69) is 10.1 Å². The lowest BCUT2D eigenvalue weighted by atomic mass is 10.00. The molecular formula is C18H15F4N3O2. The molecule has 0 amide bonds. The average molecular weight is 381 g/mol. The molecule has 0 spiro atoms. The largest absolute Gasteiger partial charge is 0.507 e. The zero-order valence-corrected chi connectivity index (χ0v) is 14.2. The van der Waals surface area contributed by atoms with Gasteiger partial charge in [0.1, 0.15) is 18.0 Å². The lowest BCUT2D eigenvalue weighted by Crippen LogP contribution is -2.18. The molecule has 9 heteroatoms. The van der Waals surface area contributed by atoms with E-state index >= 15 is 0 Å². The number of fused-ring (bicyclic) bond motifs is 1. The molecule has 3 heterocycles. The molecule has 0 aliphatic carbocycles. The first kappa shape index (κ1) is 17.7. The number of nitrogens with zero attached hydrogens (tertiary/aromatic N) is 3. The zero-order valence-electron chi connectivity index (χ0n) is 14.2. The van der Waals surface area contributed by atoms with E-state index in [1.165, 1.54) is 11.6 Å². The molecule has 5 nitrogen and oxygen atoms in total. The molecule has 2 atom stereocenters. The summed E-state index contributed by atoms with van der Waals surface area (Å²) in [6.45, 7) is 1.69. The molecule has 2 aromatic heterocycles. The first-order valence-corrected chi connectivity index (χ1v) is 8.23. The minimum absolute atomic E-state index is 0.0121. The van der Waals surface area contributed by atoms with Crippen molar-refractivity contribution in [2.24, 2.45) is 0 Å². The van der Waals surface area contributed by atoms with Gasteiger partial charge in [-0.25, -0.2) is 9.37 Å². The number of hydrogen-bond donors (Lipinski definition) is 1. The Balaban J connectivity index is 1.76. The van der Waals surface area contributed by atoms with Crippen molar-refractivity contribution in [3.05, 3.63) is 41.6 Å². The molecule has 1 saturated heterocycles. The molecule has 142 valence electrons. The van der Waals surface area contributed by atoms with Crippen molar-refractivity contribution < 1.29 is 27.4 Å². The Morgan fingerprint density at radius 3 is 2.63 bits per heavy atom. The van der Waals surface area contributed by atoms with Crippen molar-refractivity contribution in [3.63, 3.8) is 0 Å². The van der Waals surface area contributed by atoms with Gasteiger partial charge in [0.25, 0.3) is 0 Å². The summed E-state index contributed by atoms with van der Waals surface area (Å²) in [5, 5.41) is 15.1. The molecule has 4 rings (SSSR count). The number of phenolic OH excluding ortho intramolecular Hbond substituents is 1. The number of aromatic nitrogens is 3. The van der Waals surface area contributed by atoms with Gasteiger partial charge in [-0.05, 0) is 36.8 Å². The van der Waals surface area contributed by atoms with Crippen LogP contribution in [0.4, 0.5) is 17.6 Å². The molecule has 1 fully saturated rings. The van der Waals surface area contributed by atoms with Crippen LogP contribution in [0.1, 0.15) is 17.2 Å². The van der Waals surface area contributed by atoms with Gasteiger partial charge in [-0.3, -0.25) is 4.68 Å². The third-order valence-corrected chi connectivity index (χ3v) is 4.61. The molecule has 1 aliphatic heterocycles. The molecule has 3 aromatic rings. The highest BCUT2D eigenvalue weighted by atomic mass is 19.4. The fraction of sp³-hybridized carbons (Fsp3) is 0.333. The van der Waals surface area contributed by atoms with Gasteiger partial charge < -0.3 is 9.84 Å². The number of halogens is 4. The van der Waals surface area contributed by atoms with Crippen molar-refractivity contribution in [2.45, 2.75) is 25.3 Å². The minimum atomic E-state index is -4.55. The first-order chi connectivity index (χ1) is 12.7. The number of phenols is 1. The predicted octanol–water partition coefficient (Wildman–Crippen LogP) is 4.04. The number of aromatic hydroxyl groups is 1. The Morgan fingerprint density at radius 2 is 2.00 bits per heavy atom. The predicted molar refractivity (Wildman–Crippen MR) is 89.1 cm³/mol. The van der Waals surface area contributed by atoms with Crippen molar-refractivity contribution >= 4 is 11.0 Å². The number of pyridine rings is 1. The Kier molecular flexibility index (Phi) is 4.06. The van der Waals surface area contributed by atoms with Crippen LogP contribution in [-0.4, -0.2) is 39.3 Å². The highest BCUT2D eigenvalue weighted by Crippen LogP contribution is 2.38. The molecule has 27 heavy (non-hydrogen) atoms. The fourth-order valence-electron chi connectivity index (χ4n) is 3.25. The standard InChI is InChI=1S/C18H15F4N3O2/c1-9-4-11(18(20,21)22)5-15(26)16(9)13-3-2-10-6-25(24-17(10)23-13)14-8-27-7-12(14)19/h2-6,12,14,26H,7-8H2,1H3/t12-,14-/m0/s1. The van der Waals surface area contributed by atoms with Crippen LogP contribution in [0.15, 0.2) is 30.5 Å². The molecule has 0 unspecified atom stereocenters. The van der Waals surface area contributed by atoms with E-state index in [4.69, 9.17) is 4.74 Å². The Bertz CT molecular complexity index is 992. The van der Waals surface area contributed by atoms with E-state index in [9.17, 15) is 22.7 Å². The van der Waals surface area contributed by atoms with Crippen LogP contribution in [0, 0.1) is 6.92 Å². The second-order valence-corrected chi connectivity index (χ2v) is 6.52. The maximum Gasteiger partial charge on any atom is 0.416 e. The Labute approximate surface area is 151 Å². The molecular weight excluding hydrogens is 366 g/mol. The lowest BCUT2D eigenvalue weighted by Gasteiger charge is -2.13. The Morgan fingerprint density at radius 1 is 1.22 bits per heavy atom. The van der Waals surface area contributed by atoms with Crippen molar-refractivity contribution in [3.8, 4) is 17.0 Å². The minimum Gasteiger partial charge on any atom is -0.507 e. The topological polar surface area (TPSA) is 60.2 Å². The van der Waals surface area contributed by atoms with Crippen LogP contribution < -0.4 is 0 Å². The van der Waals surface area contributed by atoms with Crippen LogP contribution in [-0.2, 0) is 10.9 Å². The number of rotatable bonds is 2. The summed E-state index contributed by atoms with van der Waals surface area (Å²) in [5.41, 5.74) is 0.108. The molecule has 1 aromatic carbocycles. The molecule has 1 aliphatic rings. The van der Waals surface area contributed by atoms with Crippen LogP contribution in [0.3, 0.4) is 0 Å². The summed E-state index contributed by atoms with van der Waals surface area (Å²) in [6, 6.07) is 4.37. The van der Waals surface area contributed by atoms with Gasteiger partial charge in [0.2, 0.25) is 0 Å². The third kappa shape index (κ3) is 3.12. The first-order valence-electron chi connectivity index (χ1n) is 8.23. The van der Waals surface area contributed by atoms with Gasteiger partial charge in [-0.15, -0.1) is 0 Å². The number of hydrogen-bond acceptors (Lipinski definition) is 4. The van der Waals surface area contributed by atoms with Gasteiger partial charge in [0.05, 0.1) is 24.5 Å². The Hall–Kier alpha value is -2.68. The maximum atomic E-state index is 13.9. The zero-order chi connectivity index (χ0) is 19.3. The van der Waals surface area contributed by atoms with E-state index in [0.717, 1.165) is 6.07 Å². The SMILES string of the molecule is Cc1cc(C(F)(F)F)cc(O)c1-c1ccc2cn([C@H]3COC[C@@H]3F)nc2n1. The second kappa shape index (κ2) is 6.19. The number of ether oxygens (including phenoxy) is 1. The van der Waals surface area contributed by atoms with Gasteiger partial charge in [-0.1, -0.05) is 0 Å². The van der Waals surface area contributed by atoms with Gasteiger partial charge in [0.15, 0.2) is 5.65 Å². The molecule has 0 radical (unpaired) electrons. The average Bonchev–Trinajstić information content (AvgIpc) is 3.18. The summed E-state index contributed by atoms with van der Waals surface area (Å²) < 4.78 is 59.1. The molecule has 0 bridgehead atoms. The van der Waals surface area contributed by atoms with E-state index in [1.54, 1.807) is 18.3 Å². The maximum absolute atomic E-state index is 13.9. The van der Waals surface area contributed by atoms with Crippen LogP contribution in [0.2, 0.25) is 0 Å². The van der Waals surface area contributed by atoms with Crippen LogP contribution >= 0.6 is 0 Å². The highest BCUT2D eigenvalue weighted by Gasteiger charge is 2.32. The summed E-state index contributed by atoms with van der Waals surface area (Å²) in [7, 11) is 0. The summed E-state index contributed by atoms with van der Waals surface area (Å²) in [4.78, 5) is 4.34. The fourth-order valence-corrected chi connectivity index (χ4v) is 3.25. The van der Waals surface area contributed by atoms with Crippen molar-refractivity contribution in [2.75, 3.05) is 13.2 Å². The van der Waals surface area contributed by atoms with E-state index in [1.807, 2.05) is 0 Å². The van der Waals surface area contributed by atoms with Crippen LogP contribution in [0.5, 0.6) is 5.75 Å². The normalized spacial score (nSPS) is 20.5. The highest BCUT2D eigenvalue weighted by molar-refractivity contribution is 5.80. The second-order valence-electron chi connectivity index (χ2n) is 6.52. The number of alkyl halides is 4. The smallest absolute Gasteiger partial charge is 0.416 e. The van der Waals surface area contributed by atoms with Gasteiger partial charge >= 0.3 is 6.18 Å². The van der Waals surface area contributed by atoms with Crippen molar-refractivity contribution in [1.29, 1.82) is 0 Å². The van der Waals surface area contributed by atoms with Gasteiger partial charge in [-0.2, -0.15) is 18.3 Å². The third-order valence-electron chi connectivity index (χ3n) is 4.61. The van der Waals surface area contributed by atoms with Crippen molar-refractivity contribution in [1.82, 2.24) is 14.8 Å². The monoisotopic (exact) mass is 381 g/mol. The molecule has 1 N–H and O–H groups in total. The van der Waals surface area contributed by atoms with Crippen LogP contribution in [0.25, 0.3) is 22.3 Å². The van der Waals surface area contributed by atoms with E-state index in [-0.39, 0.29) is 30.0 Å². The van der Waals surface area contributed by atoms with E-state index < -0.39 is 29.7 Å². The summed E-state index contributed by atoms with van der Waals surface area (Å²) in [6.07, 6.45) is -4.07. The number of benzene rings is 1.